The molecule has 0 bridgehead atoms. The van der Waals surface area contributed by atoms with Crippen molar-refractivity contribution in [2.75, 3.05) is 61.5 Å². The highest BCUT2D eigenvalue weighted by molar-refractivity contribution is 7.98. The molecule has 0 radical (unpaired) electrons. The Bertz CT molecular complexity index is 1360. The Labute approximate surface area is 226 Å². The van der Waals surface area contributed by atoms with E-state index in [1.54, 1.807) is 6.07 Å². The number of hydrogen-bond donors (Lipinski definition) is 1. The Morgan fingerprint density at radius 3 is 2.55 bits per heavy atom. The van der Waals surface area contributed by atoms with Crippen LogP contribution in [0.1, 0.15) is 25.0 Å². The minimum atomic E-state index is -0.603. The largest absolute Gasteiger partial charge is 0.486 e. The summed E-state index contributed by atoms with van der Waals surface area (Å²) in [6.45, 7) is 9.27. The monoisotopic (exact) mass is 538 g/mol. The van der Waals surface area contributed by atoms with Gasteiger partial charge in [0.15, 0.2) is 17.4 Å². The summed E-state index contributed by atoms with van der Waals surface area (Å²) in [5.41, 5.74) is 5.83. The van der Waals surface area contributed by atoms with Gasteiger partial charge in [-0.15, -0.1) is 0 Å². The third kappa shape index (κ3) is 4.64. The summed E-state index contributed by atoms with van der Waals surface area (Å²) in [6, 6.07) is 7.43. The zero-order valence-electron chi connectivity index (χ0n) is 21.9. The molecule has 38 heavy (non-hydrogen) atoms. The summed E-state index contributed by atoms with van der Waals surface area (Å²) in [4.78, 5) is 15.6. The highest BCUT2D eigenvalue weighted by Gasteiger charge is 2.27. The third-order valence-electron chi connectivity index (χ3n) is 7.54. The van der Waals surface area contributed by atoms with Gasteiger partial charge in [0.25, 0.3) is 0 Å². The van der Waals surface area contributed by atoms with Crippen molar-refractivity contribution in [1.82, 2.24) is 14.9 Å². The fourth-order valence-electron chi connectivity index (χ4n) is 5.45. The number of piperazine rings is 1. The fraction of sp³-hybridized carbons (Fsp3) is 0.429. The molecule has 0 aliphatic carbocycles. The molecule has 10 heteroatoms. The number of halogens is 2. The topological polar surface area (TPSA) is 56.8 Å². The van der Waals surface area contributed by atoms with Gasteiger partial charge in [-0.1, -0.05) is 0 Å². The van der Waals surface area contributed by atoms with E-state index in [0.29, 0.717) is 24.4 Å². The number of nitrogens with zero attached hydrogens (tertiary/aromatic N) is 5. The van der Waals surface area contributed by atoms with Crippen LogP contribution in [0.4, 0.5) is 31.8 Å². The lowest BCUT2D eigenvalue weighted by atomic mass is 10.0. The van der Waals surface area contributed by atoms with Crippen LogP contribution >= 0.6 is 11.8 Å². The van der Waals surface area contributed by atoms with E-state index < -0.39 is 11.6 Å². The molecule has 3 aliphatic heterocycles. The van der Waals surface area contributed by atoms with Gasteiger partial charge >= 0.3 is 0 Å². The van der Waals surface area contributed by atoms with Crippen molar-refractivity contribution in [3.63, 3.8) is 0 Å². The van der Waals surface area contributed by atoms with Crippen LogP contribution < -0.4 is 19.9 Å². The van der Waals surface area contributed by atoms with E-state index in [-0.39, 0.29) is 23.4 Å². The third-order valence-corrected chi connectivity index (χ3v) is 8.53. The summed E-state index contributed by atoms with van der Waals surface area (Å²) in [7, 11) is 2.16. The lowest BCUT2D eigenvalue weighted by molar-refractivity contribution is 0.287. The molecule has 0 atom stereocenters. The molecule has 7 nitrogen and oxygen atoms in total. The molecule has 1 saturated heterocycles. The van der Waals surface area contributed by atoms with Crippen LogP contribution in [0.25, 0.3) is 11.3 Å². The van der Waals surface area contributed by atoms with Gasteiger partial charge in [-0.2, -0.15) is 11.8 Å². The number of hydrogen-bond acceptors (Lipinski definition) is 8. The van der Waals surface area contributed by atoms with Crippen LogP contribution in [0, 0.1) is 11.6 Å². The van der Waals surface area contributed by atoms with Gasteiger partial charge in [0.05, 0.1) is 18.4 Å². The second-order valence-corrected chi connectivity index (χ2v) is 11.3. The van der Waals surface area contributed by atoms with E-state index in [1.165, 1.54) is 22.9 Å². The van der Waals surface area contributed by atoms with Crippen molar-refractivity contribution < 1.29 is 13.5 Å². The SMILES string of the molecule is CC(C)N1CCOc2c(F)cc(-c3nc(Nc4ccc(N5CCN(C)CC5)c5c4CSC5)ncc3F)cc21. The summed E-state index contributed by atoms with van der Waals surface area (Å²) < 4.78 is 35.6. The number of thioether (sulfide) groups is 1. The molecule has 0 unspecified atom stereocenters. The molecular formula is C28H32F2N6OS. The number of aromatic nitrogens is 2. The van der Waals surface area contributed by atoms with E-state index in [9.17, 15) is 4.39 Å². The van der Waals surface area contributed by atoms with Crippen LogP contribution in [0.3, 0.4) is 0 Å². The predicted octanol–water partition coefficient (Wildman–Crippen LogP) is 5.27. The summed E-state index contributed by atoms with van der Waals surface area (Å²) in [6.07, 6.45) is 1.15. The molecule has 6 rings (SSSR count). The predicted molar refractivity (Wildman–Crippen MR) is 150 cm³/mol. The first-order chi connectivity index (χ1) is 18.4. The van der Waals surface area contributed by atoms with Crippen LogP contribution in [0.5, 0.6) is 5.75 Å². The van der Waals surface area contributed by atoms with Gasteiger partial charge in [-0.05, 0) is 56.3 Å². The van der Waals surface area contributed by atoms with E-state index in [0.717, 1.165) is 49.6 Å². The minimum absolute atomic E-state index is 0.0542. The first-order valence-electron chi connectivity index (χ1n) is 13.1. The van der Waals surface area contributed by atoms with Crippen molar-refractivity contribution in [3.05, 3.63) is 53.2 Å². The Hall–Kier alpha value is -3.11. The average Bonchev–Trinajstić information content (AvgIpc) is 3.41. The fourth-order valence-corrected chi connectivity index (χ4v) is 6.61. The van der Waals surface area contributed by atoms with Gasteiger partial charge in [-0.3, -0.25) is 0 Å². The summed E-state index contributed by atoms with van der Waals surface area (Å²) >= 11 is 1.89. The Balaban J connectivity index is 1.32. The van der Waals surface area contributed by atoms with Crippen molar-refractivity contribution in [2.45, 2.75) is 31.4 Å². The molecule has 2 aromatic carbocycles. The molecule has 0 saturated carbocycles. The second-order valence-electron chi connectivity index (χ2n) is 10.3. The van der Waals surface area contributed by atoms with Gasteiger partial charge in [0, 0.05) is 60.7 Å². The van der Waals surface area contributed by atoms with Crippen LogP contribution in [-0.2, 0) is 11.5 Å². The first kappa shape index (κ1) is 25.2. The lowest BCUT2D eigenvalue weighted by Crippen LogP contribution is -2.44. The number of rotatable bonds is 5. The Morgan fingerprint density at radius 1 is 0.974 bits per heavy atom. The highest BCUT2D eigenvalue weighted by atomic mass is 32.2. The smallest absolute Gasteiger partial charge is 0.227 e. The molecule has 3 aliphatic rings. The summed E-state index contributed by atoms with van der Waals surface area (Å²) in [5, 5.41) is 3.32. The van der Waals surface area contributed by atoms with E-state index in [2.05, 4.69) is 49.2 Å². The van der Waals surface area contributed by atoms with Gasteiger partial charge in [-0.25, -0.2) is 18.7 Å². The number of benzene rings is 2. The molecule has 3 aromatic rings. The molecular weight excluding hydrogens is 506 g/mol. The van der Waals surface area contributed by atoms with Crippen molar-refractivity contribution in [2.24, 2.45) is 0 Å². The van der Waals surface area contributed by atoms with Gasteiger partial charge in [0.2, 0.25) is 5.95 Å². The number of likely N-dealkylation sites (N-methyl/N-ethyl adjacent to an activating group) is 1. The molecule has 4 heterocycles. The minimum Gasteiger partial charge on any atom is -0.486 e. The standard InChI is InChI=1S/C28H32F2N6OS/c1-17(2)36-10-11-37-27-21(29)12-18(13-25(27)36)26-22(30)14-31-28(33-26)32-23-4-5-24(20-16-38-15-19(20)23)35-8-6-34(3)7-9-35/h4-5,12-14,17H,6-11,15-16H2,1-3H3,(H,31,32,33). The second kappa shape index (κ2) is 10.2. The maximum atomic E-state index is 15.1. The molecule has 1 fully saturated rings. The van der Waals surface area contributed by atoms with Crippen LogP contribution in [0.15, 0.2) is 30.5 Å². The van der Waals surface area contributed by atoms with Crippen LogP contribution in [-0.4, -0.2) is 67.3 Å². The van der Waals surface area contributed by atoms with Gasteiger partial charge < -0.3 is 24.8 Å². The van der Waals surface area contributed by atoms with Crippen molar-refractivity contribution >= 4 is 34.8 Å². The highest BCUT2D eigenvalue weighted by Crippen LogP contribution is 2.42. The van der Waals surface area contributed by atoms with Crippen molar-refractivity contribution in [1.29, 1.82) is 0 Å². The van der Waals surface area contributed by atoms with E-state index in [1.807, 2.05) is 25.6 Å². The lowest BCUT2D eigenvalue weighted by Gasteiger charge is -2.35. The van der Waals surface area contributed by atoms with E-state index in [4.69, 9.17) is 4.74 Å². The van der Waals surface area contributed by atoms with Crippen molar-refractivity contribution in [3.8, 4) is 17.0 Å². The maximum absolute atomic E-state index is 15.1. The Morgan fingerprint density at radius 2 is 1.76 bits per heavy atom. The number of ether oxygens (including phenoxy) is 1. The number of fused-ring (bicyclic) bond motifs is 2. The van der Waals surface area contributed by atoms with E-state index >= 15 is 4.39 Å². The van der Waals surface area contributed by atoms with Crippen LogP contribution in [0.2, 0.25) is 0 Å². The molecule has 0 amide bonds. The normalized spacial score (nSPS) is 17.4. The quantitative estimate of drug-likeness (QED) is 0.472. The molecule has 200 valence electrons. The Kier molecular flexibility index (Phi) is 6.77. The number of anilines is 4. The summed E-state index contributed by atoms with van der Waals surface area (Å²) in [5.74, 6) is 1.22. The molecule has 1 N–H and O–H groups in total. The number of nitrogens with one attached hydrogen (secondary N) is 1. The van der Waals surface area contributed by atoms with Gasteiger partial charge in [0.1, 0.15) is 12.3 Å². The molecule has 0 spiro atoms. The average molecular weight is 539 g/mol. The molecule has 1 aromatic heterocycles. The first-order valence-corrected chi connectivity index (χ1v) is 14.2. The maximum Gasteiger partial charge on any atom is 0.227 e. The zero-order valence-corrected chi connectivity index (χ0v) is 22.7. The zero-order chi connectivity index (χ0) is 26.4.